The number of amides is 1. The van der Waals surface area contributed by atoms with E-state index in [1.54, 1.807) is 6.07 Å². The van der Waals surface area contributed by atoms with Crippen molar-refractivity contribution in [2.45, 2.75) is 38.1 Å². The number of anilines is 1. The minimum atomic E-state index is -0.595. The summed E-state index contributed by atoms with van der Waals surface area (Å²) in [5.74, 6) is 0.543. The van der Waals surface area contributed by atoms with Crippen LogP contribution in [0.1, 0.15) is 43.1 Å². The first-order chi connectivity index (χ1) is 9.04. The predicted molar refractivity (Wildman–Crippen MR) is 71.6 cm³/mol. The number of rotatable bonds is 4. The number of primary amides is 1. The lowest BCUT2D eigenvalue weighted by Gasteiger charge is -2.39. The first-order valence-corrected chi connectivity index (χ1v) is 6.57. The number of nitrogens with zero attached hydrogens (tertiary/aromatic N) is 2. The quantitative estimate of drug-likeness (QED) is 0.751. The van der Waals surface area contributed by atoms with Crippen LogP contribution < -0.4 is 11.1 Å². The van der Waals surface area contributed by atoms with E-state index in [-0.39, 0.29) is 17.8 Å². The van der Waals surface area contributed by atoms with Crippen LogP contribution in [0.4, 0.5) is 5.82 Å². The topological polar surface area (TPSA) is 101 Å². The fourth-order valence-corrected chi connectivity index (χ4v) is 2.76. The van der Waals surface area contributed by atoms with Crippen molar-refractivity contribution in [2.24, 2.45) is 11.7 Å². The molecule has 1 heterocycles. The molecule has 2 rings (SSSR count). The van der Waals surface area contributed by atoms with Crippen molar-refractivity contribution in [1.82, 2.24) is 10.2 Å². The molecule has 2 unspecified atom stereocenters. The number of hydrogen-bond donors (Lipinski definition) is 3. The Bertz CT molecular complexity index is 448. The molecule has 0 bridgehead atoms. The summed E-state index contributed by atoms with van der Waals surface area (Å²) < 4.78 is 0. The van der Waals surface area contributed by atoms with Gasteiger partial charge in [-0.3, -0.25) is 4.79 Å². The van der Waals surface area contributed by atoms with Crippen molar-refractivity contribution < 1.29 is 9.90 Å². The lowest BCUT2D eigenvalue weighted by molar-refractivity contribution is 0.0994. The highest BCUT2D eigenvalue weighted by Gasteiger charge is 2.34. The molecule has 104 valence electrons. The maximum Gasteiger partial charge on any atom is 0.269 e. The number of nitrogens with two attached hydrogens (primary N) is 1. The van der Waals surface area contributed by atoms with Crippen molar-refractivity contribution in [3.05, 3.63) is 17.8 Å². The number of aliphatic hydroxyl groups excluding tert-OH is 1. The van der Waals surface area contributed by atoms with Gasteiger partial charge in [-0.25, -0.2) is 0 Å². The van der Waals surface area contributed by atoms with Gasteiger partial charge in [0, 0.05) is 0 Å². The van der Waals surface area contributed by atoms with Crippen LogP contribution in [-0.2, 0) is 0 Å². The molecule has 1 saturated carbocycles. The van der Waals surface area contributed by atoms with Gasteiger partial charge in [-0.15, -0.1) is 10.2 Å². The van der Waals surface area contributed by atoms with Crippen LogP contribution in [-0.4, -0.2) is 33.4 Å². The first-order valence-electron chi connectivity index (χ1n) is 6.57. The van der Waals surface area contributed by atoms with Crippen molar-refractivity contribution in [1.29, 1.82) is 0 Å². The van der Waals surface area contributed by atoms with Gasteiger partial charge in [0.05, 0.1) is 12.1 Å². The zero-order valence-corrected chi connectivity index (χ0v) is 11.1. The van der Waals surface area contributed by atoms with E-state index in [9.17, 15) is 9.90 Å². The lowest BCUT2D eigenvalue weighted by atomic mass is 9.77. The number of carbonyl (C=O) groups is 1. The number of aliphatic hydroxyl groups is 1. The Morgan fingerprint density at radius 2 is 2.37 bits per heavy atom. The molecule has 0 saturated heterocycles. The Kier molecular flexibility index (Phi) is 3.99. The molecule has 1 amide bonds. The molecular weight excluding hydrogens is 244 g/mol. The van der Waals surface area contributed by atoms with E-state index in [0.29, 0.717) is 11.7 Å². The van der Waals surface area contributed by atoms with Gasteiger partial charge < -0.3 is 16.2 Å². The van der Waals surface area contributed by atoms with Crippen molar-refractivity contribution in [2.75, 3.05) is 11.9 Å². The molecule has 4 N–H and O–H groups in total. The second-order valence-electron chi connectivity index (χ2n) is 5.43. The fourth-order valence-electron chi connectivity index (χ4n) is 2.76. The van der Waals surface area contributed by atoms with Crippen LogP contribution in [0, 0.1) is 5.92 Å². The molecule has 1 aliphatic carbocycles. The van der Waals surface area contributed by atoms with E-state index in [2.05, 4.69) is 22.4 Å². The molecule has 19 heavy (non-hydrogen) atoms. The van der Waals surface area contributed by atoms with Crippen LogP contribution in [0.25, 0.3) is 0 Å². The summed E-state index contributed by atoms with van der Waals surface area (Å²) in [6, 6.07) is 3.21. The third-order valence-electron chi connectivity index (χ3n) is 3.70. The second kappa shape index (κ2) is 5.52. The Hall–Kier alpha value is -1.69. The van der Waals surface area contributed by atoms with Crippen LogP contribution in [0.15, 0.2) is 12.1 Å². The highest BCUT2D eigenvalue weighted by atomic mass is 16.3. The smallest absolute Gasteiger partial charge is 0.269 e. The van der Waals surface area contributed by atoms with Crippen LogP contribution >= 0.6 is 0 Å². The minimum absolute atomic E-state index is 0.0661. The van der Waals surface area contributed by atoms with E-state index < -0.39 is 5.91 Å². The number of hydrogen-bond acceptors (Lipinski definition) is 5. The van der Waals surface area contributed by atoms with E-state index in [1.807, 2.05) is 0 Å². The van der Waals surface area contributed by atoms with Gasteiger partial charge in [0.25, 0.3) is 5.91 Å². The van der Waals surface area contributed by atoms with Crippen LogP contribution in [0.3, 0.4) is 0 Å². The molecule has 0 aromatic carbocycles. The summed E-state index contributed by atoms with van der Waals surface area (Å²) in [6.07, 6.45) is 4.09. The normalized spacial score (nSPS) is 26.9. The van der Waals surface area contributed by atoms with Crippen LogP contribution in [0.2, 0.25) is 0 Å². The van der Waals surface area contributed by atoms with Gasteiger partial charge in [0.15, 0.2) is 5.69 Å². The molecule has 0 aliphatic heterocycles. The molecule has 1 fully saturated rings. The summed E-state index contributed by atoms with van der Waals surface area (Å²) in [7, 11) is 0. The second-order valence-corrected chi connectivity index (χ2v) is 5.43. The standard InChI is InChI=1S/C13H20N4O2/c1-9-3-2-6-13(7-9,8-18)15-11-5-4-10(12(14)19)16-17-11/h4-5,9,18H,2-3,6-8H2,1H3,(H2,14,19)(H,15,17). The Balaban J connectivity index is 2.11. The highest BCUT2D eigenvalue weighted by molar-refractivity contribution is 5.90. The Morgan fingerprint density at radius 3 is 2.89 bits per heavy atom. The van der Waals surface area contributed by atoms with Gasteiger partial charge in [-0.2, -0.15) is 0 Å². The van der Waals surface area contributed by atoms with Gasteiger partial charge in [0.2, 0.25) is 0 Å². The van der Waals surface area contributed by atoms with Crippen LogP contribution in [0.5, 0.6) is 0 Å². The first kappa shape index (κ1) is 13.7. The molecule has 2 atom stereocenters. The highest BCUT2D eigenvalue weighted by Crippen LogP contribution is 2.34. The Labute approximate surface area is 112 Å². The summed E-state index contributed by atoms with van der Waals surface area (Å²) in [5.41, 5.74) is 4.92. The maximum atomic E-state index is 10.9. The van der Waals surface area contributed by atoms with E-state index in [4.69, 9.17) is 5.73 Å². The van der Waals surface area contributed by atoms with Gasteiger partial charge >= 0.3 is 0 Å². The zero-order valence-electron chi connectivity index (χ0n) is 11.1. The zero-order chi connectivity index (χ0) is 13.9. The molecule has 0 spiro atoms. The van der Waals surface area contributed by atoms with Gasteiger partial charge in [-0.1, -0.05) is 19.8 Å². The summed E-state index contributed by atoms with van der Waals surface area (Å²) in [6.45, 7) is 2.25. The summed E-state index contributed by atoms with van der Waals surface area (Å²) in [4.78, 5) is 10.9. The molecule has 1 aliphatic rings. The van der Waals surface area contributed by atoms with E-state index in [0.717, 1.165) is 19.3 Å². The van der Waals surface area contributed by atoms with E-state index in [1.165, 1.54) is 12.5 Å². The third-order valence-corrected chi connectivity index (χ3v) is 3.70. The van der Waals surface area contributed by atoms with Crippen molar-refractivity contribution in [3.8, 4) is 0 Å². The SMILES string of the molecule is CC1CCCC(CO)(Nc2ccc(C(N)=O)nn2)C1. The average Bonchev–Trinajstić information content (AvgIpc) is 2.39. The van der Waals surface area contributed by atoms with Gasteiger partial charge in [0.1, 0.15) is 5.82 Å². The number of carbonyl (C=O) groups excluding carboxylic acids is 1. The molecule has 6 nitrogen and oxygen atoms in total. The molecule has 6 heteroatoms. The third kappa shape index (κ3) is 3.20. The molecule has 1 aromatic heterocycles. The average molecular weight is 264 g/mol. The fraction of sp³-hybridized carbons (Fsp3) is 0.615. The molecule has 0 radical (unpaired) electrons. The predicted octanol–water partition coefficient (Wildman–Crippen LogP) is 0.929. The van der Waals surface area contributed by atoms with Crippen molar-refractivity contribution in [3.63, 3.8) is 0 Å². The maximum absolute atomic E-state index is 10.9. The summed E-state index contributed by atoms with van der Waals surface area (Å²) in [5, 5.41) is 20.6. The number of aromatic nitrogens is 2. The largest absolute Gasteiger partial charge is 0.394 e. The molecule has 1 aromatic rings. The monoisotopic (exact) mass is 264 g/mol. The summed E-state index contributed by atoms with van der Waals surface area (Å²) >= 11 is 0. The van der Waals surface area contributed by atoms with Crippen molar-refractivity contribution >= 4 is 11.7 Å². The lowest BCUT2D eigenvalue weighted by Crippen LogP contribution is -2.46. The van der Waals surface area contributed by atoms with Gasteiger partial charge in [-0.05, 0) is 30.9 Å². The minimum Gasteiger partial charge on any atom is -0.394 e. The number of nitrogens with one attached hydrogen (secondary N) is 1. The molecular formula is C13H20N4O2. The Morgan fingerprint density at radius 1 is 1.58 bits per heavy atom. The van der Waals surface area contributed by atoms with E-state index >= 15 is 0 Å².